The molecule has 1 rings (SSSR count). The lowest BCUT2D eigenvalue weighted by Gasteiger charge is -2.23. The first kappa shape index (κ1) is 16.5. The van der Waals surface area contributed by atoms with Gasteiger partial charge in [0.1, 0.15) is 5.60 Å². The van der Waals surface area contributed by atoms with E-state index in [2.05, 4.69) is 0 Å². The van der Waals surface area contributed by atoms with Crippen LogP contribution >= 0.6 is 11.6 Å². The van der Waals surface area contributed by atoms with Crippen LogP contribution in [0.1, 0.15) is 32.8 Å². The Kier molecular flexibility index (Phi) is 5.57. The monoisotopic (exact) mass is 298 g/mol. The number of carbonyl (C=O) groups is 2. The van der Waals surface area contributed by atoms with Crippen molar-refractivity contribution in [3.05, 3.63) is 34.9 Å². The zero-order chi connectivity index (χ0) is 15.3. The van der Waals surface area contributed by atoms with Crippen molar-refractivity contribution in [1.29, 1.82) is 0 Å². The van der Waals surface area contributed by atoms with Crippen LogP contribution in [0.15, 0.2) is 24.3 Å². The summed E-state index contributed by atoms with van der Waals surface area (Å²) in [4.78, 5) is 22.9. The van der Waals surface area contributed by atoms with Gasteiger partial charge in [-0.15, -0.1) is 0 Å². The number of carbonyl (C=O) groups excluding carboxylic acids is 1. The number of hydrogen-bond acceptors (Lipinski definition) is 3. The standard InChI is InChI=1S/C15H19ClO4/c1-15(2,3)20-14(19)11(9-13(17)18)8-10-4-6-12(16)7-5-10/h4-7,11H,8-9H2,1-3H3,(H,17,18). The van der Waals surface area contributed by atoms with Crippen molar-refractivity contribution >= 4 is 23.5 Å². The topological polar surface area (TPSA) is 63.6 Å². The summed E-state index contributed by atoms with van der Waals surface area (Å²) in [6.45, 7) is 5.26. The lowest BCUT2D eigenvalue weighted by molar-refractivity contribution is -0.162. The minimum atomic E-state index is -1.02. The van der Waals surface area contributed by atoms with Crippen LogP contribution in [-0.4, -0.2) is 22.6 Å². The molecular formula is C15H19ClO4. The van der Waals surface area contributed by atoms with E-state index in [4.69, 9.17) is 21.4 Å². The van der Waals surface area contributed by atoms with Gasteiger partial charge in [-0.2, -0.15) is 0 Å². The third-order valence-electron chi connectivity index (χ3n) is 2.56. The van der Waals surface area contributed by atoms with Crippen LogP contribution in [0.2, 0.25) is 5.02 Å². The highest BCUT2D eigenvalue weighted by atomic mass is 35.5. The zero-order valence-electron chi connectivity index (χ0n) is 11.9. The van der Waals surface area contributed by atoms with Gasteiger partial charge in [-0.1, -0.05) is 23.7 Å². The highest BCUT2D eigenvalue weighted by Gasteiger charge is 2.27. The maximum atomic E-state index is 12.1. The quantitative estimate of drug-likeness (QED) is 0.847. The predicted octanol–water partition coefficient (Wildman–Crippen LogP) is 3.32. The second-order valence-corrected chi connectivity index (χ2v) is 6.10. The third kappa shape index (κ3) is 6.06. The largest absolute Gasteiger partial charge is 0.481 e. The Morgan fingerprint density at radius 2 is 1.80 bits per heavy atom. The summed E-state index contributed by atoms with van der Waals surface area (Å²) < 4.78 is 5.27. The van der Waals surface area contributed by atoms with Crippen molar-refractivity contribution < 1.29 is 19.4 Å². The van der Waals surface area contributed by atoms with E-state index < -0.39 is 23.5 Å². The van der Waals surface area contributed by atoms with Gasteiger partial charge in [0.2, 0.25) is 0 Å². The van der Waals surface area contributed by atoms with Gasteiger partial charge in [0.25, 0.3) is 0 Å². The minimum absolute atomic E-state index is 0.252. The predicted molar refractivity (Wildman–Crippen MR) is 76.7 cm³/mol. The first-order valence-electron chi connectivity index (χ1n) is 6.36. The summed E-state index contributed by atoms with van der Waals surface area (Å²) in [5.41, 5.74) is 0.222. The number of rotatable bonds is 5. The Balaban J connectivity index is 2.81. The number of halogens is 1. The second-order valence-electron chi connectivity index (χ2n) is 5.66. The molecule has 20 heavy (non-hydrogen) atoms. The van der Waals surface area contributed by atoms with Gasteiger partial charge in [-0.25, -0.2) is 0 Å². The van der Waals surface area contributed by atoms with Crippen molar-refractivity contribution in [1.82, 2.24) is 0 Å². The molecule has 0 spiro atoms. The smallest absolute Gasteiger partial charge is 0.310 e. The van der Waals surface area contributed by atoms with E-state index in [0.29, 0.717) is 11.4 Å². The van der Waals surface area contributed by atoms with Crippen LogP contribution in [0.5, 0.6) is 0 Å². The molecule has 1 atom stereocenters. The number of carboxylic acids is 1. The molecule has 5 heteroatoms. The van der Waals surface area contributed by atoms with E-state index in [1.165, 1.54) is 0 Å². The number of aliphatic carboxylic acids is 1. The van der Waals surface area contributed by atoms with Crippen LogP contribution < -0.4 is 0 Å². The van der Waals surface area contributed by atoms with E-state index in [-0.39, 0.29) is 6.42 Å². The van der Waals surface area contributed by atoms with E-state index in [1.54, 1.807) is 45.0 Å². The third-order valence-corrected chi connectivity index (χ3v) is 2.81. The molecule has 0 saturated carbocycles. The summed E-state index contributed by atoms with van der Waals surface area (Å²) in [6.07, 6.45) is 0.0654. The Morgan fingerprint density at radius 3 is 2.25 bits per heavy atom. The zero-order valence-corrected chi connectivity index (χ0v) is 12.6. The summed E-state index contributed by atoms with van der Waals surface area (Å²) in [5.74, 6) is -2.21. The van der Waals surface area contributed by atoms with Crippen LogP contribution in [-0.2, 0) is 20.7 Å². The van der Waals surface area contributed by atoms with Crippen molar-refractivity contribution in [2.75, 3.05) is 0 Å². The first-order chi connectivity index (χ1) is 9.17. The molecule has 1 unspecified atom stereocenters. The fourth-order valence-corrected chi connectivity index (χ4v) is 1.87. The Morgan fingerprint density at radius 1 is 1.25 bits per heavy atom. The van der Waals surface area contributed by atoms with Gasteiger partial charge in [0, 0.05) is 5.02 Å². The molecule has 0 amide bonds. The Bertz CT molecular complexity index is 474. The summed E-state index contributed by atoms with van der Waals surface area (Å²) in [6, 6.07) is 6.98. The molecule has 0 saturated heterocycles. The van der Waals surface area contributed by atoms with Crippen LogP contribution in [0.25, 0.3) is 0 Å². The molecule has 0 aromatic heterocycles. The Labute approximate surface area is 123 Å². The van der Waals surface area contributed by atoms with Gasteiger partial charge in [0.05, 0.1) is 12.3 Å². The van der Waals surface area contributed by atoms with Crippen molar-refractivity contribution in [3.8, 4) is 0 Å². The van der Waals surface area contributed by atoms with E-state index in [0.717, 1.165) is 5.56 Å². The van der Waals surface area contributed by atoms with E-state index in [9.17, 15) is 9.59 Å². The number of benzene rings is 1. The van der Waals surface area contributed by atoms with Crippen molar-refractivity contribution in [2.24, 2.45) is 5.92 Å². The van der Waals surface area contributed by atoms with Crippen LogP contribution in [0.3, 0.4) is 0 Å². The maximum Gasteiger partial charge on any atom is 0.310 e. The molecule has 1 N–H and O–H groups in total. The SMILES string of the molecule is CC(C)(C)OC(=O)C(CC(=O)O)Cc1ccc(Cl)cc1. The molecular weight excluding hydrogens is 280 g/mol. The van der Waals surface area contributed by atoms with Crippen molar-refractivity contribution in [3.63, 3.8) is 0 Å². The molecule has 4 nitrogen and oxygen atoms in total. The molecule has 0 radical (unpaired) electrons. The van der Waals surface area contributed by atoms with Crippen LogP contribution in [0.4, 0.5) is 0 Å². The lowest BCUT2D eigenvalue weighted by Crippen LogP contribution is -2.31. The molecule has 0 aliphatic rings. The van der Waals surface area contributed by atoms with Gasteiger partial charge < -0.3 is 9.84 Å². The molecule has 1 aromatic rings. The molecule has 0 heterocycles. The number of carboxylic acid groups (broad SMARTS) is 1. The van der Waals surface area contributed by atoms with Gasteiger partial charge >= 0.3 is 11.9 Å². The second kappa shape index (κ2) is 6.75. The number of esters is 1. The summed E-state index contributed by atoms with van der Waals surface area (Å²) >= 11 is 5.80. The van der Waals surface area contributed by atoms with Crippen LogP contribution in [0, 0.1) is 5.92 Å². The van der Waals surface area contributed by atoms with Crippen molar-refractivity contribution in [2.45, 2.75) is 39.2 Å². The van der Waals surface area contributed by atoms with E-state index in [1.807, 2.05) is 0 Å². The average Bonchev–Trinajstić information content (AvgIpc) is 2.28. The van der Waals surface area contributed by atoms with Gasteiger partial charge in [0.15, 0.2) is 0 Å². The fourth-order valence-electron chi connectivity index (χ4n) is 1.74. The number of hydrogen-bond donors (Lipinski definition) is 1. The normalized spacial score (nSPS) is 12.8. The highest BCUT2D eigenvalue weighted by molar-refractivity contribution is 6.30. The average molecular weight is 299 g/mol. The molecule has 0 aliphatic heterocycles. The highest BCUT2D eigenvalue weighted by Crippen LogP contribution is 2.19. The fraction of sp³-hybridized carbons (Fsp3) is 0.467. The Hall–Kier alpha value is -1.55. The first-order valence-corrected chi connectivity index (χ1v) is 6.74. The summed E-state index contributed by atoms with van der Waals surface area (Å²) in [7, 11) is 0. The molecule has 110 valence electrons. The molecule has 0 bridgehead atoms. The van der Waals surface area contributed by atoms with Gasteiger partial charge in [-0.3, -0.25) is 9.59 Å². The van der Waals surface area contributed by atoms with E-state index >= 15 is 0 Å². The van der Waals surface area contributed by atoms with Gasteiger partial charge in [-0.05, 0) is 44.9 Å². The molecule has 0 aliphatic carbocycles. The lowest BCUT2D eigenvalue weighted by atomic mass is 9.96. The summed E-state index contributed by atoms with van der Waals surface area (Å²) in [5, 5.41) is 9.52. The molecule has 1 aromatic carbocycles. The maximum absolute atomic E-state index is 12.1. The molecule has 0 fully saturated rings. The minimum Gasteiger partial charge on any atom is -0.481 e. The number of ether oxygens (including phenoxy) is 1.